The zero-order chi connectivity index (χ0) is 26.0. The molecule has 1 unspecified atom stereocenters. The lowest BCUT2D eigenvalue weighted by Crippen LogP contribution is -2.59. The van der Waals surface area contributed by atoms with Crippen LogP contribution >= 0.6 is 0 Å². The second kappa shape index (κ2) is 8.49. The van der Waals surface area contributed by atoms with Crippen molar-refractivity contribution in [1.29, 1.82) is 0 Å². The van der Waals surface area contributed by atoms with Gasteiger partial charge in [-0.25, -0.2) is 8.86 Å². The van der Waals surface area contributed by atoms with Crippen molar-refractivity contribution in [3.63, 3.8) is 0 Å². The van der Waals surface area contributed by atoms with Crippen molar-refractivity contribution in [2.24, 2.45) is 5.73 Å². The van der Waals surface area contributed by atoms with Crippen LogP contribution in [0.2, 0.25) is 36.3 Å². The lowest BCUT2D eigenvalue weighted by molar-refractivity contribution is -0.0595. The monoisotopic (exact) mass is 532 g/mol. The lowest BCUT2D eigenvalue weighted by Gasteiger charge is -2.43. The predicted molar refractivity (Wildman–Crippen MR) is 134 cm³/mol. The fourth-order valence-electron chi connectivity index (χ4n) is 3.56. The zero-order valence-electron chi connectivity index (χ0n) is 21.9. The van der Waals surface area contributed by atoms with Crippen LogP contribution in [0.15, 0.2) is 23.5 Å². The summed E-state index contributed by atoms with van der Waals surface area (Å²) in [5.74, 6) is 0. The minimum absolute atomic E-state index is 0.0441. The molecule has 3 heterocycles. The number of hydrogen-bond donors (Lipinski definition) is 1. The van der Waals surface area contributed by atoms with Crippen LogP contribution in [0.1, 0.15) is 47.8 Å². The van der Waals surface area contributed by atoms with Crippen LogP contribution in [0.4, 0.5) is 0 Å². The van der Waals surface area contributed by atoms with Crippen LogP contribution in [0.25, 0.3) is 0 Å². The van der Waals surface area contributed by atoms with Crippen LogP contribution in [-0.4, -0.2) is 64.5 Å². The van der Waals surface area contributed by atoms with Gasteiger partial charge in [0.05, 0.1) is 23.9 Å². The van der Waals surface area contributed by atoms with E-state index in [9.17, 15) is 8.42 Å². The molecule has 0 amide bonds. The summed E-state index contributed by atoms with van der Waals surface area (Å²) in [7, 11) is -8.68. The Kier molecular flexibility index (Phi) is 6.87. The van der Waals surface area contributed by atoms with Crippen molar-refractivity contribution in [2.75, 3.05) is 6.61 Å². The van der Waals surface area contributed by atoms with Gasteiger partial charge in [0.2, 0.25) is 0 Å². The predicted octanol–water partition coefficient (Wildman–Crippen LogP) is 3.49. The molecule has 2 N–H and O–H groups in total. The SMILES string of the molecule is CC(C)(C)[Si](C)(C)OC[C@H]1O[C@@H](n2ccnn2)[C@H](O[Si](C)(C)C(C)(C)C)C12OS(=O)(=O)C=C2N. The summed E-state index contributed by atoms with van der Waals surface area (Å²) >= 11 is 0. The van der Waals surface area contributed by atoms with Gasteiger partial charge in [0.15, 0.2) is 28.5 Å². The van der Waals surface area contributed by atoms with E-state index in [4.69, 9.17) is 23.5 Å². The first-order valence-electron chi connectivity index (χ1n) is 11.5. The molecule has 1 spiro atoms. The van der Waals surface area contributed by atoms with E-state index in [2.05, 4.69) is 78.0 Å². The molecular weight excluding hydrogens is 492 g/mol. The summed E-state index contributed by atoms with van der Waals surface area (Å²) in [6.45, 7) is 21.2. The van der Waals surface area contributed by atoms with E-state index in [0.29, 0.717) is 0 Å². The number of nitrogens with two attached hydrogens (primary N) is 1. The largest absolute Gasteiger partial charge is 0.414 e. The van der Waals surface area contributed by atoms with E-state index in [1.807, 2.05) is 0 Å². The fraction of sp³-hybridized carbons (Fsp3) is 0.810. The van der Waals surface area contributed by atoms with Gasteiger partial charge in [0, 0.05) is 6.20 Å². The Morgan fingerprint density at radius 3 is 2.15 bits per heavy atom. The van der Waals surface area contributed by atoms with E-state index in [-0.39, 0.29) is 22.4 Å². The van der Waals surface area contributed by atoms with E-state index in [1.165, 1.54) is 10.9 Å². The van der Waals surface area contributed by atoms with Gasteiger partial charge in [-0.3, -0.25) is 0 Å². The van der Waals surface area contributed by atoms with Crippen LogP contribution in [-0.2, 0) is 27.9 Å². The fourth-order valence-corrected chi connectivity index (χ4v) is 7.06. The van der Waals surface area contributed by atoms with Crippen LogP contribution in [0, 0.1) is 0 Å². The van der Waals surface area contributed by atoms with Crippen molar-refractivity contribution >= 4 is 26.8 Å². The Morgan fingerprint density at radius 2 is 1.71 bits per heavy atom. The second-order valence-electron chi connectivity index (χ2n) is 12.2. The van der Waals surface area contributed by atoms with Crippen molar-refractivity contribution in [3.05, 3.63) is 23.5 Å². The Hall–Kier alpha value is -1.10. The normalized spacial score (nSPS) is 30.2. The maximum atomic E-state index is 12.7. The first-order valence-corrected chi connectivity index (χ1v) is 18.8. The molecule has 2 aliphatic heterocycles. The minimum atomic E-state index is -4.04. The molecule has 0 saturated carbocycles. The Labute approximate surface area is 205 Å². The zero-order valence-corrected chi connectivity index (χ0v) is 24.8. The summed E-state index contributed by atoms with van der Waals surface area (Å²) < 4.78 is 52.3. The smallest absolute Gasteiger partial charge is 0.292 e. The van der Waals surface area contributed by atoms with Crippen LogP contribution in [0.5, 0.6) is 0 Å². The molecule has 0 aliphatic carbocycles. The van der Waals surface area contributed by atoms with Gasteiger partial charge in [-0.1, -0.05) is 46.8 Å². The molecule has 0 bridgehead atoms. The van der Waals surface area contributed by atoms with E-state index >= 15 is 0 Å². The quantitative estimate of drug-likeness (QED) is 0.432. The third kappa shape index (κ3) is 4.80. The standard InChI is InChI=1S/C21H40N4O6SSi2/c1-19(2,3)33(7,8)28-13-16-21(15(22)14-32(26,27)31-21)17(30-34(9,10)20(4,5)6)18(29-16)25-12-11-23-24-25/h11-12,14,16-18H,13,22H2,1-10H3/t16-,17+,18-,21?/m1/s1. The Balaban J connectivity index is 2.11. The molecule has 10 nitrogen and oxygen atoms in total. The van der Waals surface area contributed by atoms with Gasteiger partial charge in [0.25, 0.3) is 10.1 Å². The number of hydrogen-bond acceptors (Lipinski definition) is 9. The summed E-state index contributed by atoms with van der Waals surface area (Å²) in [5.41, 5.74) is 4.89. The molecule has 0 radical (unpaired) electrons. The molecule has 0 aromatic carbocycles. The van der Waals surface area contributed by atoms with E-state index in [1.54, 1.807) is 6.20 Å². The van der Waals surface area contributed by atoms with Crippen molar-refractivity contribution < 1.29 is 26.2 Å². The number of aromatic nitrogens is 3. The Bertz CT molecular complexity index is 1030. The molecule has 1 saturated heterocycles. The molecule has 1 aromatic heterocycles. The van der Waals surface area contributed by atoms with Gasteiger partial charge in [0.1, 0.15) is 12.2 Å². The molecule has 34 heavy (non-hydrogen) atoms. The molecular formula is C21H40N4O6SSi2. The molecule has 194 valence electrons. The molecule has 1 aromatic rings. The lowest BCUT2D eigenvalue weighted by atomic mass is 9.89. The second-order valence-corrected chi connectivity index (χ2v) is 23.2. The topological polar surface area (TPSA) is 128 Å². The van der Waals surface area contributed by atoms with Crippen molar-refractivity contribution in [2.45, 2.75) is 102 Å². The maximum Gasteiger partial charge on any atom is 0.292 e. The van der Waals surface area contributed by atoms with Crippen LogP contribution in [0.3, 0.4) is 0 Å². The van der Waals surface area contributed by atoms with E-state index < -0.39 is 50.8 Å². The highest BCUT2D eigenvalue weighted by Gasteiger charge is 2.67. The van der Waals surface area contributed by atoms with Crippen LogP contribution < -0.4 is 5.73 Å². The summed E-state index contributed by atoms with van der Waals surface area (Å²) in [6, 6.07) is 0. The van der Waals surface area contributed by atoms with Gasteiger partial charge < -0.3 is 19.3 Å². The average Bonchev–Trinajstić information content (AvgIpc) is 3.31. The molecule has 4 atom stereocenters. The van der Waals surface area contributed by atoms with E-state index in [0.717, 1.165) is 5.41 Å². The molecule has 13 heteroatoms. The third-order valence-electron chi connectivity index (χ3n) is 7.77. The highest BCUT2D eigenvalue weighted by atomic mass is 32.2. The molecule has 1 fully saturated rings. The summed E-state index contributed by atoms with van der Waals surface area (Å²) in [6.07, 6.45) is 0.672. The maximum absolute atomic E-state index is 12.7. The number of rotatable bonds is 6. The third-order valence-corrected chi connectivity index (χ3v) is 17.8. The average molecular weight is 533 g/mol. The molecule has 2 aliphatic rings. The highest BCUT2D eigenvalue weighted by molar-refractivity contribution is 7.90. The Morgan fingerprint density at radius 1 is 1.12 bits per heavy atom. The van der Waals surface area contributed by atoms with Crippen molar-refractivity contribution in [1.82, 2.24) is 15.0 Å². The number of nitrogens with zero attached hydrogens (tertiary/aromatic N) is 3. The van der Waals surface area contributed by atoms with Gasteiger partial charge in [-0.15, -0.1) is 5.10 Å². The van der Waals surface area contributed by atoms with Gasteiger partial charge in [-0.2, -0.15) is 8.42 Å². The van der Waals surface area contributed by atoms with Gasteiger partial charge >= 0.3 is 0 Å². The van der Waals surface area contributed by atoms with Gasteiger partial charge in [-0.05, 0) is 36.3 Å². The van der Waals surface area contributed by atoms with Crippen molar-refractivity contribution in [3.8, 4) is 0 Å². The summed E-state index contributed by atoms with van der Waals surface area (Å²) in [5, 5.41) is 8.78. The first kappa shape index (κ1) is 27.5. The highest BCUT2D eigenvalue weighted by Crippen LogP contribution is 2.52. The number of ether oxygens (including phenoxy) is 1. The summed E-state index contributed by atoms with van der Waals surface area (Å²) in [4.78, 5) is 0. The first-order chi connectivity index (χ1) is 15.2. The minimum Gasteiger partial charge on any atom is -0.414 e. The molecule has 3 rings (SSSR count).